The maximum atomic E-state index is 12.5. The van der Waals surface area contributed by atoms with E-state index in [4.69, 9.17) is 0 Å². The van der Waals surface area contributed by atoms with Crippen molar-refractivity contribution in [1.82, 2.24) is 10.3 Å². The Morgan fingerprint density at radius 3 is 2.43 bits per heavy atom. The number of nitrogens with one attached hydrogen (secondary N) is 1. The third-order valence-electron chi connectivity index (χ3n) is 3.05. The highest BCUT2D eigenvalue weighted by Crippen LogP contribution is 2.26. The monoisotopic (exact) mass is 300 g/mol. The molecule has 1 aromatic heterocycles. The van der Waals surface area contributed by atoms with Crippen molar-refractivity contribution in [2.45, 2.75) is 37.0 Å². The van der Waals surface area contributed by atoms with E-state index in [0.717, 1.165) is 16.0 Å². The summed E-state index contributed by atoms with van der Waals surface area (Å²) in [5.74, 6) is -0.0388. The lowest BCUT2D eigenvalue weighted by atomic mass is 10.1. The summed E-state index contributed by atoms with van der Waals surface area (Å²) in [6.45, 7) is 6.23. The van der Waals surface area contributed by atoms with Gasteiger partial charge in [0.2, 0.25) is 0 Å². The van der Waals surface area contributed by atoms with Crippen molar-refractivity contribution in [3.8, 4) is 0 Å². The predicted octanol–water partition coefficient (Wildman–Crippen LogP) is 4.07. The van der Waals surface area contributed by atoms with Gasteiger partial charge in [-0.3, -0.25) is 9.78 Å². The first-order valence-electron chi connectivity index (χ1n) is 7.04. The van der Waals surface area contributed by atoms with Crippen LogP contribution >= 0.6 is 11.8 Å². The van der Waals surface area contributed by atoms with Gasteiger partial charge < -0.3 is 5.32 Å². The van der Waals surface area contributed by atoms with E-state index in [1.54, 1.807) is 24.2 Å². The molecule has 0 bridgehead atoms. The van der Waals surface area contributed by atoms with Crippen molar-refractivity contribution < 1.29 is 4.79 Å². The molecule has 1 unspecified atom stereocenters. The Labute approximate surface area is 130 Å². The maximum absolute atomic E-state index is 12.5. The van der Waals surface area contributed by atoms with E-state index in [1.165, 1.54) is 0 Å². The number of carbonyl (C=O) groups excluding carboxylic acids is 1. The van der Waals surface area contributed by atoms with Crippen molar-refractivity contribution in [1.29, 1.82) is 0 Å². The Kier molecular flexibility index (Phi) is 5.39. The van der Waals surface area contributed by atoms with Gasteiger partial charge in [-0.05, 0) is 36.8 Å². The van der Waals surface area contributed by atoms with Crippen LogP contribution in [0.25, 0.3) is 0 Å². The Hall–Kier alpha value is -1.81. The van der Waals surface area contributed by atoms with Gasteiger partial charge in [-0.15, -0.1) is 11.8 Å². The molecule has 1 N–H and O–H groups in total. The zero-order valence-corrected chi connectivity index (χ0v) is 13.4. The van der Waals surface area contributed by atoms with Crippen LogP contribution in [-0.4, -0.2) is 16.1 Å². The molecule has 0 spiro atoms. The minimum atomic E-state index is -0.0439. The molecular weight excluding hydrogens is 280 g/mol. The van der Waals surface area contributed by atoms with Crippen molar-refractivity contribution in [3.63, 3.8) is 0 Å². The van der Waals surface area contributed by atoms with Crippen molar-refractivity contribution >= 4 is 17.7 Å². The molecule has 2 aromatic rings. The highest BCUT2D eigenvalue weighted by Gasteiger charge is 2.15. The molecule has 0 aliphatic heterocycles. The minimum Gasteiger partial charge on any atom is -0.345 e. The highest BCUT2D eigenvalue weighted by molar-refractivity contribution is 8.00. The van der Waals surface area contributed by atoms with E-state index in [9.17, 15) is 4.79 Å². The van der Waals surface area contributed by atoms with Crippen LogP contribution in [0.1, 0.15) is 42.7 Å². The average molecular weight is 300 g/mol. The van der Waals surface area contributed by atoms with E-state index in [0.29, 0.717) is 5.25 Å². The number of hydrogen-bond acceptors (Lipinski definition) is 3. The molecule has 1 aromatic carbocycles. The molecule has 0 aliphatic carbocycles. The first-order chi connectivity index (χ1) is 10.1. The number of pyridine rings is 1. The van der Waals surface area contributed by atoms with Gasteiger partial charge in [-0.25, -0.2) is 0 Å². The van der Waals surface area contributed by atoms with Gasteiger partial charge in [0.05, 0.1) is 11.6 Å². The van der Waals surface area contributed by atoms with Crippen molar-refractivity contribution in [3.05, 3.63) is 59.9 Å². The summed E-state index contributed by atoms with van der Waals surface area (Å²) in [6, 6.07) is 11.5. The summed E-state index contributed by atoms with van der Waals surface area (Å²) in [5.41, 5.74) is 1.78. The lowest BCUT2D eigenvalue weighted by molar-refractivity contribution is 0.0937. The van der Waals surface area contributed by atoms with E-state index in [-0.39, 0.29) is 11.9 Å². The molecule has 0 saturated carbocycles. The maximum Gasteiger partial charge on any atom is 0.252 e. The van der Waals surface area contributed by atoms with Crippen LogP contribution in [-0.2, 0) is 0 Å². The van der Waals surface area contributed by atoms with Crippen molar-refractivity contribution in [2.75, 3.05) is 0 Å². The van der Waals surface area contributed by atoms with Gasteiger partial charge in [0.25, 0.3) is 5.91 Å². The van der Waals surface area contributed by atoms with Crippen LogP contribution in [0, 0.1) is 0 Å². The predicted molar refractivity (Wildman–Crippen MR) is 87.6 cm³/mol. The first kappa shape index (κ1) is 15.6. The third-order valence-corrected chi connectivity index (χ3v) is 4.13. The standard InChI is InChI=1S/C17H20N2OS/c1-12(2)21-16-7-5-4-6-15(16)17(20)19-13(3)14-8-10-18-11-9-14/h4-13H,1-3H3,(H,19,20). The smallest absolute Gasteiger partial charge is 0.252 e. The second-order valence-electron chi connectivity index (χ2n) is 5.14. The van der Waals surface area contributed by atoms with E-state index < -0.39 is 0 Å². The zero-order chi connectivity index (χ0) is 15.2. The summed E-state index contributed by atoms with van der Waals surface area (Å²) in [5, 5.41) is 3.49. The first-order valence-corrected chi connectivity index (χ1v) is 7.92. The van der Waals surface area contributed by atoms with Gasteiger partial charge in [0.1, 0.15) is 0 Å². The number of thioether (sulfide) groups is 1. The van der Waals surface area contributed by atoms with E-state index >= 15 is 0 Å². The summed E-state index contributed by atoms with van der Waals surface area (Å²) in [7, 11) is 0. The van der Waals surface area contributed by atoms with Crippen LogP contribution in [0.5, 0.6) is 0 Å². The van der Waals surface area contributed by atoms with Gasteiger partial charge >= 0.3 is 0 Å². The quantitative estimate of drug-likeness (QED) is 0.846. The van der Waals surface area contributed by atoms with Crippen LogP contribution in [0.15, 0.2) is 53.7 Å². The fourth-order valence-electron chi connectivity index (χ4n) is 2.02. The second-order valence-corrected chi connectivity index (χ2v) is 6.76. The summed E-state index contributed by atoms with van der Waals surface area (Å²) < 4.78 is 0. The molecule has 3 nitrogen and oxygen atoms in total. The Morgan fingerprint density at radius 2 is 1.76 bits per heavy atom. The summed E-state index contributed by atoms with van der Waals surface area (Å²) in [4.78, 5) is 17.5. The lowest BCUT2D eigenvalue weighted by Crippen LogP contribution is -2.27. The summed E-state index contributed by atoms with van der Waals surface area (Å²) >= 11 is 1.71. The number of benzene rings is 1. The Bertz CT molecular complexity index is 599. The van der Waals surface area contributed by atoms with Gasteiger partial charge in [-0.2, -0.15) is 0 Å². The molecule has 0 aliphatic rings. The molecule has 4 heteroatoms. The topological polar surface area (TPSA) is 42.0 Å². The summed E-state index contributed by atoms with van der Waals surface area (Å²) in [6.07, 6.45) is 3.47. The number of nitrogens with zero attached hydrogens (tertiary/aromatic N) is 1. The normalized spacial score (nSPS) is 12.2. The number of hydrogen-bond donors (Lipinski definition) is 1. The zero-order valence-electron chi connectivity index (χ0n) is 12.5. The lowest BCUT2D eigenvalue weighted by Gasteiger charge is -2.16. The highest BCUT2D eigenvalue weighted by atomic mass is 32.2. The van der Waals surface area contributed by atoms with Crippen LogP contribution in [0.3, 0.4) is 0 Å². The molecule has 21 heavy (non-hydrogen) atoms. The Balaban J connectivity index is 2.14. The van der Waals surface area contributed by atoms with Crippen LogP contribution in [0.2, 0.25) is 0 Å². The number of carbonyl (C=O) groups is 1. The SMILES string of the molecule is CC(C)Sc1ccccc1C(=O)NC(C)c1ccncc1. The van der Waals surface area contributed by atoms with Gasteiger partial charge in [0, 0.05) is 22.5 Å². The number of rotatable bonds is 5. The number of amides is 1. The minimum absolute atomic E-state index is 0.0388. The van der Waals surface area contributed by atoms with Crippen LogP contribution in [0.4, 0.5) is 0 Å². The van der Waals surface area contributed by atoms with Crippen LogP contribution < -0.4 is 5.32 Å². The van der Waals surface area contributed by atoms with E-state index in [1.807, 2.05) is 43.3 Å². The Morgan fingerprint density at radius 1 is 1.10 bits per heavy atom. The molecule has 1 heterocycles. The number of aromatic nitrogens is 1. The second kappa shape index (κ2) is 7.27. The average Bonchev–Trinajstić information content (AvgIpc) is 2.48. The molecule has 0 fully saturated rings. The third kappa shape index (κ3) is 4.33. The molecule has 0 saturated heterocycles. The molecule has 1 amide bonds. The molecular formula is C17H20N2OS. The fraction of sp³-hybridized carbons (Fsp3) is 0.294. The largest absolute Gasteiger partial charge is 0.345 e. The molecule has 0 radical (unpaired) electrons. The van der Waals surface area contributed by atoms with Crippen molar-refractivity contribution in [2.24, 2.45) is 0 Å². The van der Waals surface area contributed by atoms with E-state index in [2.05, 4.69) is 24.1 Å². The molecule has 1 atom stereocenters. The fourth-order valence-corrected chi connectivity index (χ4v) is 2.97. The molecule has 110 valence electrons. The van der Waals surface area contributed by atoms with Gasteiger partial charge in [0.15, 0.2) is 0 Å². The molecule has 2 rings (SSSR count). The van der Waals surface area contributed by atoms with Gasteiger partial charge in [-0.1, -0.05) is 26.0 Å².